The van der Waals surface area contributed by atoms with Crippen LogP contribution in [0.15, 0.2) is 72.9 Å². The Morgan fingerprint density at radius 2 is 1.19 bits per heavy atom. The monoisotopic (exact) mass is 441 g/mol. The second kappa shape index (κ2) is 21.1. The quantitative estimate of drug-likeness (QED) is 0.167. The molecule has 0 unspecified atom stereocenters. The van der Waals surface area contributed by atoms with Crippen molar-refractivity contribution in [1.29, 1.82) is 5.41 Å². The van der Waals surface area contributed by atoms with Gasteiger partial charge in [0.25, 0.3) is 0 Å². The van der Waals surface area contributed by atoms with Gasteiger partial charge in [0, 0.05) is 13.5 Å². The molecule has 0 aliphatic carbocycles. The second-order valence-electron chi connectivity index (χ2n) is 7.10. The van der Waals surface area contributed by atoms with Crippen molar-refractivity contribution in [3.63, 3.8) is 0 Å². The summed E-state index contributed by atoms with van der Waals surface area (Å²) in [6.45, 7) is 1.81. The van der Waals surface area contributed by atoms with Gasteiger partial charge >= 0.3 is 5.97 Å². The largest absolute Gasteiger partial charge is 0.480 e. The Kier molecular flexibility index (Phi) is 19.0. The lowest BCUT2D eigenvalue weighted by Crippen LogP contribution is -2.43. The van der Waals surface area contributed by atoms with E-state index in [1.807, 2.05) is 12.2 Å². The zero-order valence-electron chi connectivity index (χ0n) is 19.5. The summed E-state index contributed by atoms with van der Waals surface area (Å²) in [5.41, 5.74) is 0. The number of allylic oxidation sites excluding steroid dienone is 12. The number of carbonyl (C=O) groups is 2. The van der Waals surface area contributed by atoms with Crippen LogP contribution < -0.4 is 5.32 Å². The number of carbonyl (C=O) groups excluding carboxylic acids is 1. The molecule has 0 radical (unpaired) electrons. The highest BCUT2D eigenvalue weighted by Crippen LogP contribution is 1.98. The number of hydrogen-bond donors (Lipinski definition) is 3. The summed E-state index contributed by atoms with van der Waals surface area (Å²) in [6.07, 6.45) is 32.1. The fraction of sp³-hybridized carbons (Fsp3) is 0.423. The first-order chi connectivity index (χ1) is 15.5. The molecule has 6 heteroatoms. The van der Waals surface area contributed by atoms with Gasteiger partial charge in [-0.05, 0) is 44.9 Å². The normalized spacial score (nSPS) is 12.3. The fourth-order valence-corrected chi connectivity index (χ4v) is 2.43. The Hall–Kier alpha value is -3.15. The average molecular weight is 442 g/mol. The first-order valence-electron chi connectivity index (χ1n) is 11.2. The molecule has 0 fully saturated rings. The molecular formula is C26H39N3O3. The summed E-state index contributed by atoms with van der Waals surface area (Å²) in [7, 11) is 1.45. The van der Waals surface area contributed by atoms with Gasteiger partial charge in [-0.25, -0.2) is 0 Å². The van der Waals surface area contributed by atoms with Crippen molar-refractivity contribution in [2.75, 3.05) is 13.6 Å². The van der Waals surface area contributed by atoms with Gasteiger partial charge in [-0.2, -0.15) is 0 Å². The van der Waals surface area contributed by atoms with E-state index >= 15 is 0 Å². The number of rotatable bonds is 16. The molecule has 0 saturated carbocycles. The molecule has 0 aromatic rings. The molecule has 6 nitrogen and oxygen atoms in total. The minimum absolute atomic E-state index is 0.208. The Balaban J connectivity index is 3.74. The molecule has 0 aromatic carbocycles. The van der Waals surface area contributed by atoms with Gasteiger partial charge in [0.15, 0.2) is 5.96 Å². The van der Waals surface area contributed by atoms with Gasteiger partial charge in [-0.1, -0.05) is 79.8 Å². The molecule has 1 amide bonds. The van der Waals surface area contributed by atoms with E-state index in [9.17, 15) is 9.59 Å². The van der Waals surface area contributed by atoms with E-state index < -0.39 is 5.97 Å². The minimum Gasteiger partial charge on any atom is -0.480 e. The topological polar surface area (TPSA) is 93.5 Å². The Labute approximate surface area is 193 Å². The lowest BCUT2D eigenvalue weighted by atomic mass is 10.2. The van der Waals surface area contributed by atoms with Crippen molar-refractivity contribution in [3.05, 3.63) is 72.9 Å². The Morgan fingerprint density at radius 3 is 1.59 bits per heavy atom. The standard InChI is InChI=1S/C26H39N3O3/c1-3-4-5-6-7-8-9-10-11-12-13-14-15-16-17-18-19-20-21-22-24(30)28-26(27)29(2)23-25(31)32/h4-5,7-8,10-11,13-14,16-17,19-20H,3,6,9,12,15,18,21-23H2,1-2H3,(H,31,32)(H2,27,28,30)/b5-4-,8-7-,11-10-,14-13-,17-16-,20-19-. The van der Waals surface area contributed by atoms with Crippen molar-refractivity contribution in [3.8, 4) is 0 Å². The van der Waals surface area contributed by atoms with Crippen LogP contribution in [0.5, 0.6) is 0 Å². The van der Waals surface area contributed by atoms with Crippen LogP contribution in [0.4, 0.5) is 0 Å². The maximum Gasteiger partial charge on any atom is 0.323 e. The van der Waals surface area contributed by atoms with Crippen LogP contribution in [0.3, 0.4) is 0 Å². The number of carboxylic acids is 1. The first-order valence-corrected chi connectivity index (χ1v) is 11.2. The number of guanidine groups is 1. The van der Waals surface area contributed by atoms with E-state index in [0.29, 0.717) is 6.42 Å². The minimum atomic E-state index is -1.05. The summed E-state index contributed by atoms with van der Waals surface area (Å²) in [5.74, 6) is -1.56. The molecule has 0 spiro atoms. The number of aliphatic carboxylic acids is 1. The lowest BCUT2D eigenvalue weighted by Gasteiger charge is -2.17. The molecule has 0 aliphatic heterocycles. The van der Waals surface area contributed by atoms with E-state index in [0.717, 1.165) is 43.4 Å². The maximum absolute atomic E-state index is 11.7. The Morgan fingerprint density at radius 1 is 0.781 bits per heavy atom. The van der Waals surface area contributed by atoms with E-state index in [2.05, 4.69) is 73.0 Å². The molecule has 0 atom stereocenters. The van der Waals surface area contributed by atoms with Crippen molar-refractivity contribution in [1.82, 2.24) is 10.2 Å². The summed E-state index contributed by atoms with van der Waals surface area (Å²) < 4.78 is 0. The van der Waals surface area contributed by atoms with Gasteiger partial charge in [0.2, 0.25) is 5.91 Å². The molecule has 0 aliphatic rings. The molecular weight excluding hydrogens is 402 g/mol. The first kappa shape index (κ1) is 28.9. The van der Waals surface area contributed by atoms with E-state index in [1.54, 1.807) is 0 Å². The lowest BCUT2D eigenvalue weighted by molar-refractivity contribution is -0.137. The Bertz CT molecular complexity index is 716. The van der Waals surface area contributed by atoms with Gasteiger partial charge in [-0.15, -0.1) is 0 Å². The van der Waals surface area contributed by atoms with E-state index in [1.165, 1.54) is 7.05 Å². The fourth-order valence-electron chi connectivity index (χ4n) is 2.43. The predicted molar refractivity (Wildman–Crippen MR) is 134 cm³/mol. The van der Waals surface area contributed by atoms with Crippen LogP contribution in [0.25, 0.3) is 0 Å². The maximum atomic E-state index is 11.7. The molecule has 0 saturated heterocycles. The van der Waals surface area contributed by atoms with E-state index in [-0.39, 0.29) is 24.8 Å². The highest BCUT2D eigenvalue weighted by molar-refractivity contribution is 5.96. The molecule has 0 bridgehead atoms. The predicted octanol–water partition coefficient (Wildman–Crippen LogP) is 5.53. The molecule has 3 N–H and O–H groups in total. The smallest absolute Gasteiger partial charge is 0.323 e. The molecule has 0 heterocycles. The van der Waals surface area contributed by atoms with Crippen LogP contribution in [-0.2, 0) is 9.59 Å². The van der Waals surface area contributed by atoms with Crippen LogP contribution in [0, 0.1) is 5.41 Å². The van der Waals surface area contributed by atoms with Crippen molar-refractivity contribution >= 4 is 17.8 Å². The molecule has 0 rings (SSSR count). The summed E-state index contributed by atoms with van der Waals surface area (Å²) >= 11 is 0. The second-order valence-corrected chi connectivity index (χ2v) is 7.10. The molecule has 0 aromatic heterocycles. The van der Waals surface area contributed by atoms with Crippen LogP contribution in [0.1, 0.15) is 58.3 Å². The van der Waals surface area contributed by atoms with Crippen LogP contribution in [-0.4, -0.2) is 41.4 Å². The molecule has 32 heavy (non-hydrogen) atoms. The average Bonchev–Trinajstić information content (AvgIpc) is 2.74. The van der Waals surface area contributed by atoms with Gasteiger partial charge in [0.1, 0.15) is 6.54 Å². The highest BCUT2D eigenvalue weighted by atomic mass is 16.4. The number of nitrogens with one attached hydrogen (secondary N) is 2. The highest BCUT2D eigenvalue weighted by Gasteiger charge is 2.10. The van der Waals surface area contributed by atoms with Gasteiger partial charge < -0.3 is 10.0 Å². The van der Waals surface area contributed by atoms with Gasteiger partial charge in [-0.3, -0.25) is 20.3 Å². The number of nitrogens with zero attached hydrogens (tertiary/aromatic N) is 1. The number of hydrogen-bond acceptors (Lipinski definition) is 3. The van der Waals surface area contributed by atoms with Crippen molar-refractivity contribution in [2.24, 2.45) is 0 Å². The number of amides is 1. The number of likely N-dealkylation sites (N-methyl/N-ethyl adjacent to an activating group) is 1. The summed E-state index contributed by atoms with van der Waals surface area (Å²) in [5, 5.41) is 18.7. The third-order valence-electron chi connectivity index (χ3n) is 4.15. The van der Waals surface area contributed by atoms with Crippen LogP contribution in [0.2, 0.25) is 0 Å². The number of carboxylic acid groups (broad SMARTS) is 1. The van der Waals surface area contributed by atoms with E-state index in [4.69, 9.17) is 10.5 Å². The SMILES string of the molecule is CC/C=C\C/C=C\C/C=C\C/C=C\C/C=C\C/C=C\CCC(=O)NC(=N)N(C)CC(=O)O. The third-order valence-corrected chi connectivity index (χ3v) is 4.15. The van der Waals surface area contributed by atoms with Crippen LogP contribution >= 0.6 is 0 Å². The van der Waals surface area contributed by atoms with Crippen molar-refractivity contribution < 1.29 is 14.7 Å². The molecule has 176 valence electrons. The van der Waals surface area contributed by atoms with Gasteiger partial charge in [0.05, 0.1) is 0 Å². The zero-order chi connectivity index (χ0) is 23.9. The summed E-state index contributed by atoms with van der Waals surface area (Å²) in [6, 6.07) is 0. The third kappa shape index (κ3) is 20.1. The summed E-state index contributed by atoms with van der Waals surface area (Å²) in [4.78, 5) is 23.5. The zero-order valence-corrected chi connectivity index (χ0v) is 19.5. The van der Waals surface area contributed by atoms with Crippen molar-refractivity contribution in [2.45, 2.75) is 58.3 Å².